The third kappa shape index (κ3) is 6.04. The number of carbonyl (C=O) groups excluding carboxylic acids is 2. The number of urea groups is 1. The number of rotatable bonds is 7. The van der Waals surface area contributed by atoms with E-state index in [0.717, 1.165) is 16.9 Å². The molecule has 35 heavy (non-hydrogen) atoms. The highest BCUT2D eigenvalue weighted by Gasteiger charge is 2.22. The molecule has 0 saturated carbocycles. The molecule has 2 aromatic carbocycles. The van der Waals surface area contributed by atoms with Gasteiger partial charge in [-0.15, -0.1) is 0 Å². The van der Waals surface area contributed by atoms with Gasteiger partial charge in [-0.3, -0.25) is 10.1 Å². The average Bonchev–Trinajstić information content (AvgIpc) is 3.15. The Hall–Kier alpha value is -3.73. The fraction of sp³-hybridized carbons (Fsp3) is 0.167. The number of aromatic nitrogens is 1. The van der Waals surface area contributed by atoms with E-state index in [2.05, 4.69) is 15.6 Å². The molecule has 11 heteroatoms. The van der Waals surface area contributed by atoms with Crippen LogP contribution in [0.25, 0.3) is 10.2 Å². The van der Waals surface area contributed by atoms with Crippen LogP contribution >= 0.6 is 22.9 Å². The number of ether oxygens (including phenoxy) is 1. The Labute approximate surface area is 208 Å². The van der Waals surface area contributed by atoms with E-state index in [1.54, 1.807) is 31.2 Å². The Bertz CT molecular complexity index is 1420. The van der Waals surface area contributed by atoms with Crippen LogP contribution in [0.4, 0.5) is 15.5 Å². The summed E-state index contributed by atoms with van der Waals surface area (Å²) in [5.74, 6) is -0.632. The van der Waals surface area contributed by atoms with Crippen molar-refractivity contribution in [1.82, 2.24) is 4.98 Å². The molecule has 0 bridgehead atoms. The predicted molar refractivity (Wildman–Crippen MR) is 135 cm³/mol. The highest BCUT2D eigenvalue weighted by atomic mass is 35.5. The summed E-state index contributed by atoms with van der Waals surface area (Å²) in [6.45, 7) is 1.79. The molecular formula is C24H21ClN4O5S. The van der Waals surface area contributed by atoms with Crippen LogP contribution in [-0.4, -0.2) is 17.0 Å². The number of nitrogens with two attached hydrogens (primary N) is 1. The molecule has 0 aliphatic carbocycles. The molecule has 4 aromatic rings. The Balaban J connectivity index is 1.45. The van der Waals surface area contributed by atoms with Gasteiger partial charge < -0.3 is 20.2 Å². The minimum atomic E-state index is -0.970. The highest BCUT2D eigenvalue weighted by molar-refractivity contribution is 7.22. The zero-order chi connectivity index (χ0) is 24.9. The zero-order valence-electron chi connectivity index (χ0n) is 18.5. The Morgan fingerprint density at radius 1 is 1.14 bits per heavy atom. The largest absolute Gasteiger partial charge is 0.461 e. The number of aryl methyl sites for hydroxylation is 1. The van der Waals surface area contributed by atoms with Gasteiger partial charge in [-0.05, 0) is 36.8 Å². The first kappa shape index (κ1) is 24.4. The maximum absolute atomic E-state index is 12.6. The van der Waals surface area contributed by atoms with Crippen LogP contribution in [0.3, 0.4) is 0 Å². The topological polar surface area (TPSA) is 137 Å². The Morgan fingerprint density at radius 3 is 2.57 bits per heavy atom. The smallest absolute Gasteiger partial charge is 0.348 e. The van der Waals surface area contributed by atoms with Crippen LogP contribution in [0.15, 0.2) is 63.8 Å². The second kappa shape index (κ2) is 10.7. The number of esters is 1. The molecule has 0 saturated heterocycles. The number of benzene rings is 2. The normalized spacial score (nSPS) is 11.7. The number of nitrogens with one attached hydrogen (secondary N) is 2. The van der Waals surface area contributed by atoms with Gasteiger partial charge in [0.1, 0.15) is 21.8 Å². The third-order valence-corrected chi connectivity index (χ3v) is 6.37. The molecule has 0 aliphatic heterocycles. The van der Waals surface area contributed by atoms with Crippen molar-refractivity contribution in [3.8, 4) is 0 Å². The summed E-state index contributed by atoms with van der Waals surface area (Å²) in [5.41, 5.74) is 7.32. The van der Waals surface area contributed by atoms with Gasteiger partial charge in [0.25, 0.3) is 0 Å². The number of halogens is 1. The molecule has 0 spiro atoms. The summed E-state index contributed by atoms with van der Waals surface area (Å²) in [6.07, 6.45) is -0.215. The standard InChI is InChI=1S/C24H21ClN4O5S/c1-13-19-22(35-21(13)29-24(32)27-16-9-7-15(25)8-10-16)28-20(34-23(19)31)17(26)11-18(30)33-12-14-5-3-2-4-6-14/h2-10,17H,11-12,26H2,1H3,(H2,27,29,32). The Kier molecular flexibility index (Phi) is 7.45. The SMILES string of the molecule is Cc1c(NC(=O)Nc2ccc(Cl)cc2)sc2nc(C(N)CC(=O)OCc3ccccc3)oc(=O)c12. The molecule has 0 fully saturated rings. The molecule has 4 N–H and O–H groups in total. The molecular weight excluding hydrogens is 492 g/mol. The third-order valence-electron chi connectivity index (χ3n) is 5.02. The van der Waals surface area contributed by atoms with Crippen LogP contribution in [0, 0.1) is 6.92 Å². The van der Waals surface area contributed by atoms with Gasteiger partial charge in [0, 0.05) is 16.3 Å². The summed E-state index contributed by atoms with van der Waals surface area (Å²) in [6, 6.07) is 14.4. The van der Waals surface area contributed by atoms with Crippen molar-refractivity contribution in [3.05, 3.63) is 87.1 Å². The average molecular weight is 513 g/mol. The highest BCUT2D eigenvalue weighted by Crippen LogP contribution is 2.33. The number of anilines is 2. The first-order valence-corrected chi connectivity index (χ1v) is 11.7. The number of hydrogen-bond donors (Lipinski definition) is 3. The van der Waals surface area contributed by atoms with E-state index >= 15 is 0 Å². The molecule has 2 amide bonds. The van der Waals surface area contributed by atoms with E-state index in [-0.39, 0.29) is 24.3 Å². The molecule has 2 aromatic heterocycles. The van der Waals surface area contributed by atoms with Crippen molar-refractivity contribution in [2.45, 2.75) is 26.0 Å². The lowest BCUT2D eigenvalue weighted by Crippen LogP contribution is -2.20. The van der Waals surface area contributed by atoms with Crippen molar-refractivity contribution >= 4 is 55.8 Å². The second-order valence-corrected chi connectivity index (χ2v) is 9.05. The van der Waals surface area contributed by atoms with Gasteiger partial charge in [0.2, 0.25) is 5.89 Å². The number of carbonyl (C=O) groups is 2. The molecule has 0 radical (unpaired) electrons. The summed E-state index contributed by atoms with van der Waals surface area (Å²) in [5, 5.41) is 6.61. The molecule has 180 valence electrons. The van der Waals surface area contributed by atoms with E-state index in [4.69, 9.17) is 26.5 Å². The lowest BCUT2D eigenvalue weighted by Gasteiger charge is -2.09. The Morgan fingerprint density at radius 2 is 1.86 bits per heavy atom. The van der Waals surface area contributed by atoms with Crippen LogP contribution in [0.2, 0.25) is 5.02 Å². The van der Waals surface area contributed by atoms with E-state index in [1.807, 2.05) is 30.3 Å². The van der Waals surface area contributed by atoms with E-state index in [0.29, 0.717) is 26.1 Å². The summed E-state index contributed by atoms with van der Waals surface area (Å²) >= 11 is 6.96. The summed E-state index contributed by atoms with van der Waals surface area (Å²) < 4.78 is 10.5. The fourth-order valence-corrected chi connectivity index (χ4v) is 4.42. The molecule has 9 nitrogen and oxygen atoms in total. The first-order chi connectivity index (χ1) is 16.8. The van der Waals surface area contributed by atoms with Crippen molar-refractivity contribution in [2.24, 2.45) is 5.73 Å². The van der Waals surface area contributed by atoms with Gasteiger partial charge in [-0.1, -0.05) is 53.3 Å². The molecule has 4 rings (SSSR count). The minimum Gasteiger partial charge on any atom is -0.461 e. The molecule has 1 atom stereocenters. The monoisotopic (exact) mass is 512 g/mol. The van der Waals surface area contributed by atoms with Crippen LogP contribution in [-0.2, 0) is 16.1 Å². The predicted octanol–water partition coefficient (Wildman–Crippen LogP) is 4.99. The molecule has 0 aliphatic rings. The maximum Gasteiger partial charge on any atom is 0.348 e. The van der Waals surface area contributed by atoms with Crippen LogP contribution in [0.1, 0.15) is 29.5 Å². The maximum atomic E-state index is 12.6. The molecule has 2 heterocycles. The fourth-order valence-electron chi connectivity index (χ4n) is 3.23. The lowest BCUT2D eigenvalue weighted by molar-refractivity contribution is -0.145. The lowest BCUT2D eigenvalue weighted by atomic mass is 10.2. The number of nitrogens with zero attached hydrogens (tertiary/aromatic N) is 1. The zero-order valence-corrected chi connectivity index (χ0v) is 20.1. The van der Waals surface area contributed by atoms with Crippen molar-refractivity contribution in [3.63, 3.8) is 0 Å². The second-order valence-electron chi connectivity index (χ2n) is 7.62. The van der Waals surface area contributed by atoms with Crippen molar-refractivity contribution in [2.75, 3.05) is 10.6 Å². The van der Waals surface area contributed by atoms with Crippen LogP contribution < -0.4 is 22.0 Å². The van der Waals surface area contributed by atoms with Gasteiger partial charge in [-0.25, -0.2) is 14.6 Å². The summed E-state index contributed by atoms with van der Waals surface area (Å²) in [7, 11) is 0. The first-order valence-electron chi connectivity index (χ1n) is 10.5. The van der Waals surface area contributed by atoms with Crippen LogP contribution in [0.5, 0.6) is 0 Å². The quantitative estimate of drug-likeness (QED) is 0.297. The number of fused-ring (bicyclic) bond motifs is 1. The van der Waals surface area contributed by atoms with Gasteiger partial charge in [0.15, 0.2) is 0 Å². The summed E-state index contributed by atoms with van der Waals surface area (Å²) in [4.78, 5) is 41.9. The van der Waals surface area contributed by atoms with E-state index < -0.39 is 23.7 Å². The minimum absolute atomic E-state index is 0.0856. The van der Waals surface area contributed by atoms with Gasteiger partial charge >= 0.3 is 17.6 Å². The number of thiophene rings is 1. The number of hydrogen-bond acceptors (Lipinski definition) is 8. The van der Waals surface area contributed by atoms with Crippen molar-refractivity contribution in [1.29, 1.82) is 0 Å². The van der Waals surface area contributed by atoms with Gasteiger partial charge in [-0.2, -0.15) is 0 Å². The van der Waals surface area contributed by atoms with Gasteiger partial charge in [0.05, 0.1) is 12.5 Å². The molecule has 1 unspecified atom stereocenters. The van der Waals surface area contributed by atoms with E-state index in [1.165, 1.54) is 0 Å². The van der Waals surface area contributed by atoms with Crippen molar-refractivity contribution < 1.29 is 18.7 Å². The number of amides is 2. The van der Waals surface area contributed by atoms with E-state index in [9.17, 15) is 14.4 Å².